The molecule has 70 heavy (non-hydrogen) atoms. The summed E-state index contributed by atoms with van der Waals surface area (Å²) < 4.78 is 37.7. The van der Waals surface area contributed by atoms with E-state index in [0.29, 0.717) is 37.1 Å². The molecule has 0 bridgehead atoms. The van der Waals surface area contributed by atoms with E-state index >= 15 is 0 Å². The van der Waals surface area contributed by atoms with Gasteiger partial charge < -0.3 is 9.47 Å². The molecule has 0 spiro atoms. The number of aromatic nitrogens is 2. The molecular weight excluding hydrogens is 922 g/mol. The molecule has 2 saturated heterocycles. The second kappa shape index (κ2) is 27.0. The summed E-state index contributed by atoms with van der Waals surface area (Å²) in [5.74, 6) is 2.22. The molecule has 4 aromatic carbocycles. The summed E-state index contributed by atoms with van der Waals surface area (Å²) in [5, 5.41) is 1.50. The zero-order chi connectivity index (χ0) is 49.2. The van der Waals surface area contributed by atoms with Crippen LogP contribution in [0.25, 0.3) is 0 Å². The number of rotatable bonds is 20. The van der Waals surface area contributed by atoms with Crippen LogP contribution in [0.1, 0.15) is 88.0 Å². The van der Waals surface area contributed by atoms with Crippen LogP contribution in [0.15, 0.2) is 146 Å². The molecule has 2 atom stereocenters. The molecule has 2 aliphatic heterocycles. The molecule has 372 valence electrons. The van der Waals surface area contributed by atoms with Crippen molar-refractivity contribution >= 4 is 23.2 Å². The molecule has 12 heteroatoms. The third-order valence-corrected chi connectivity index (χ3v) is 14.1. The van der Waals surface area contributed by atoms with Crippen molar-refractivity contribution in [3.8, 4) is 11.5 Å². The van der Waals surface area contributed by atoms with Gasteiger partial charge in [-0.3, -0.25) is 29.6 Å². The standard InChI is InChI=1S/2C29H35ClFN3O/c2*1-22(2)34(29(28-5-3-4-16-32-28)24-6-8-25(30)9-7-24)21-23-14-17-33(18-15-23)19-20-35-27-12-10-26(31)11-13-27/h2*3-13,16,22-23,29H,14-15,17-21H2,1-2H3. The largest absolute Gasteiger partial charge is 0.492 e. The van der Waals surface area contributed by atoms with Crippen LogP contribution in [0.5, 0.6) is 11.5 Å². The summed E-state index contributed by atoms with van der Waals surface area (Å²) in [6, 6.07) is 42.1. The Bertz CT molecular complexity index is 2210. The highest BCUT2D eigenvalue weighted by atomic mass is 35.5. The smallest absolute Gasteiger partial charge is 0.123 e. The van der Waals surface area contributed by atoms with Crippen molar-refractivity contribution in [3.05, 3.63) is 190 Å². The maximum absolute atomic E-state index is 13.1. The first-order valence-electron chi connectivity index (χ1n) is 25.0. The van der Waals surface area contributed by atoms with Gasteiger partial charge in [0, 0.05) is 60.7 Å². The van der Waals surface area contributed by atoms with Crippen LogP contribution >= 0.6 is 23.2 Å². The third kappa shape index (κ3) is 16.0. The summed E-state index contributed by atoms with van der Waals surface area (Å²) in [6.45, 7) is 18.4. The van der Waals surface area contributed by atoms with Crippen molar-refractivity contribution in [2.24, 2.45) is 11.8 Å². The van der Waals surface area contributed by atoms with Crippen LogP contribution in [0, 0.1) is 23.5 Å². The molecule has 2 aromatic heterocycles. The fourth-order valence-electron chi connectivity index (χ4n) is 9.69. The fraction of sp³-hybridized carbons (Fsp3) is 0.414. The van der Waals surface area contributed by atoms with Crippen molar-refractivity contribution < 1.29 is 18.3 Å². The van der Waals surface area contributed by atoms with Gasteiger partial charge in [-0.2, -0.15) is 0 Å². The van der Waals surface area contributed by atoms with E-state index in [1.165, 1.54) is 35.4 Å². The number of pyridine rings is 2. The van der Waals surface area contributed by atoms with E-state index in [4.69, 9.17) is 42.6 Å². The Balaban J connectivity index is 0.000000206. The number of hydrogen-bond acceptors (Lipinski definition) is 8. The zero-order valence-corrected chi connectivity index (χ0v) is 42.7. The van der Waals surface area contributed by atoms with Crippen LogP contribution in [-0.2, 0) is 0 Å². The van der Waals surface area contributed by atoms with Gasteiger partial charge >= 0.3 is 0 Å². The van der Waals surface area contributed by atoms with Gasteiger partial charge in [0.05, 0.1) is 23.5 Å². The average Bonchev–Trinajstić information content (AvgIpc) is 3.37. The first kappa shape index (κ1) is 52.9. The molecule has 2 aliphatic rings. The molecule has 0 N–H and O–H groups in total. The number of ether oxygens (including phenoxy) is 2. The van der Waals surface area contributed by atoms with E-state index in [1.807, 2.05) is 48.8 Å². The SMILES string of the molecule is CC(C)N(CC1CCN(CCOc2ccc(F)cc2)CC1)C(c1ccc(Cl)cc1)c1ccccn1.CC(C)N(CC1CCN(CCOc2ccc(F)cc2)CC1)C(c1ccc(Cl)cc1)c1ccccn1. The molecule has 2 fully saturated rings. The molecule has 4 heterocycles. The van der Waals surface area contributed by atoms with E-state index in [0.717, 1.165) is 111 Å². The Morgan fingerprint density at radius 2 is 0.871 bits per heavy atom. The van der Waals surface area contributed by atoms with Crippen LogP contribution in [0.4, 0.5) is 8.78 Å². The predicted molar refractivity (Wildman–Crippen MR) is 281 cm³/mol. The van der Waals surface area contributed by atoms with Gasteiger partial charge in [0.15, 0.2) is 0 Å². The molecular formula is C58H70Cl2F2N6O2. The van der Waals surface area contributed by atoms with Crippen molar-refractivity contribution in [1.82, 2.24) is 29.6 Å². The summed E-state index contributed by atoms with van der Waals surface area (Å²) >= 11 is 12.4. The zero-order valence-electron chi connectivity index (χ0n) is 41.2. The number of piperidine rings is 2. The van der Waals surface area contributed by atoms with Crippen LogP contribution in [-0.4, -0.2) is 107 Å². The highest BCUT2D eigenvalue weighted by molar-refractivity contribution is 6.30. The van der Waals surface area contributed by atoms with Gasteiger partial charge in [-0.25, -0.2) is 8.78 Å². The lowest BCUT2D eigenvalue weighted by Crippen LogP contribution is -2.43. The maximum Gasteiger partial charge on any atom is 0.123 e. The molecule has 8 nitrogen and oxygen atoms in total. The minimum atomic E-state index is -0.240. The second-order valence-electron chi connectivity index (χ2n) is 19.2. The number of hydrogen-bond donors (Lipinski definition) is 0. The molecule has 6 aromatic rings. The minimum absolute atomic E-state index is 0.0932. The number of halogens is 4. The highest BCUT2D eigenvalue weighted by Crippen LogP contribution is 2.34. The van der Waals surface area contributed by atoms with Gasteiger partial charge in [0.25, 0.3) is 0 Å². The van der Waals surface area contributed by atoms with E-state index in [9.17, 15) is 8.78 Å². The first-order valence-corrected chi connectivity index (χ1v) is 25.8. The van der Waals surface area contributed by atoms with Crippen molar-refractivity contribution in [3.63, 3.8) is 0 Å². The van der Waals surface area contributed by atoms with E-state index in [2.05, 4.69) is 95.8 Å². The van der Waals surface area contributed by atoms with Crippen molar-refractivity contribution in [1.29, 1.82) is 0 Å². The number of likely N-dealkylation sites (tertiary alicyclic amines) is 2. The quantitative estimate of drug-likeness (QED) is 0.0750. The monoisotopic (exact) mass is 990 g/mol. The van der Waals surface area contributed by atoms with Gasteiger partial charge in [0.1, 0.15) is 36.3 Å². The maximum atomic E-state index is 13.1. The molecule has 0 saturated carbocycles. The Kier molecular flexibility index (Phi) is 20.4. The highest BCUT2D eigenvalue weighted by Gasteiger charge is 2.31. The van der Waals surface area contributed by atoms with Crippen LogP contribution < -0.4 is 9.47 Å². The topological polar surface area (TPSA) is 57.2 Å². The lowest BCUT2D eigenvalue weighted by molar-refractivity contribution is 0.0983. The van der Waals surface area contributed by atoms with Crippen LogP contribution in [0.3, 0.4) is 0 Å². The van der Waals surface area contributed by atoms with Gasteiger partial charge in [-0.15, -0.1) is 0 Å². The van der Waals surface area contributed by atoms with Gasteiger partial charge in [0.2, 0.25) is 0 Å². The first-order chi connectivity index (χ1) is 34.0. The average molecular weight is 992 g/mol. The lowest BCUT2D eigenvalue weighted by Gasteiger charge is -2.40. The Labute approximate surface area is 425 Å². The second-order valence-corrected chi connectivity index (χ2v) is 20.0. The summed E-state index contributed by atoms with van der Waals surface area (Å²) in [4.78, 5) is 19.6. The van der Waals surface area contributed by atoms with Gasteiger partial charge in [-0.1, -0.05) is 59.6 Å². The van der Waals surface area contributed by atoms with Crippen molar-refractivity contribution in [2.45, 2.75) is 77.5 Å². The molecule has 8 rings (SSSR count). The third-order valence-electron chi connectivity index (χ3n) is 13.6. The molecule has 0 amide bonds. The Morgan fingerprint density at radius 3 is 1.19 bits per heavy atom. The van der Waals surface area contributed by atoms with Crippen molar-refractivity contribution in [2.75, 3.05) is 65.6 Å². The molecule has 0 radical (unpaired) electrons. The summed E-state index contributed by atoms with van der Waals surface area (Å²) in [6.07, 6.45) is 8.40. The Morgan fingerprint density at radius 1 is 0.514 bits per heavy atom. The lowest BCUT2D eigenvalue weighted by atomic mass is 9.93. The Hall–Kier alpha value is -4.94. The fourth-order valence-corrected chi connectivity index (χ4v) is 9.94. The number of benzene rings is 4. The van der Waals surface area contributed by atoms with Gasteiger partial charge in [-0.05, 0) is 200 Å². The summed E-state index contributed by atoms with van der Waals surface area (Å²) in [5.41, 5.74) is 4.58. The predicted octanol–water partition coefficient (Wildman–Crippen LogP) is 12.9. The summed E-state index contributed by atoms with van der Waals surface area (Å²) in [7, 11) is 0. The number of nitrogens with zero attached hydrogens (tertiary/aromatic N) is 6. The minimum Gasteiger partial charge on any atom is -0.492 e. The normalized spacial score (nSPS) is 16.1. The molecule has 0 aliphatic carbocycles. The van der Waals surface area contributed by atoms with E-state index in [-0.39, 0.29) is 23.7 Å². The van der Waals surface area contributed by atoms with Crippen LogP contribution in [0.2, 0.25) is 10.0 Å². The van der Waals surface area contributed by atoms with E-state index < -0.39 is 0 Å². The molecule has 2 unspecified atom stereocenters. The van der Waals surface area contributed by atoms with E-state index in [1.54, 1.807) is 24.3 Å².